The molecule has 0 unspecified atom stereocenters. The molecule has 0 amide bonds. The molecule has 0 atom stereocenters. The average Bonchev–Trinajstić information content (AvgIpc) is 2.27. The van der Waals surface area contributed by atoms with Crippen LogP contribution in [0, 0.1) is 5.92 Å². The van der Waals surface area contributed by atoms with Crippen molar-refractivity contribution in [3.63, 3.8) is 0 Å². The molecule has 0 aromatic carbocycles. The van der Waals surface area contributed by atoms with E-state index in [1.165, 1.54) is 36.6 Å². The van der Waals surface area contributed by atoms with Crippen LogP contribution in [0.1, 0.15) is 34.1 Å². The van der Waals surface area contributed by atoms with Crippen molar-refractivity contribution >= 4 is 5.71 Å². The van der Waals surface area contributed by atoms with Crippen LogP contribution >= 0.6 is 0 Å². The van der Waals surface area contributed by atoms with Gasteiger partial charge in [-0.3, -0.25) is 9.89 Å². The molecule has 0 aliphatic carbocycles. The Morgan fingerprint density at radius 1 is 1.33 bits per heavy atom. The van der Waals surface area contributed by atoms with E-state index in [0.717, 1.165) is 19.0 Å². The van der Waals surface area contributed by atoms with Crippen molar-refractivity contribution in [3.05, 3.63) is 11.3 Å². The van der Waals surface area contributed by atoms with Crippen molar-refractivity contribution in [1.29, 1.82) is 0 Å². The summed E-state index contributed by atoms with van der Waals surface area (Å²) in [5, 5.41) is 0. The zero-order valence-corrected chi connectivity index (χ0v) is 12.5. The predicted octanol–water partition coefficient (Wildman–Crippen LogP) is 2.40. The monoisotopic (exact) mass is 249 g/mol. The van der Waals surface area contributed by atoms with Gasteiger partial charge in [0.1, 0.15) is 0 Å². The SMILES string of the molecule is CC(=NC1=C(C)CN(C2CN(C)C2)CC1)C(C)C. The van der Waals surface area contributed by atoms with E-state index >= 15 is 0 Å². The number of likely N-dealkylation sites (tertiary alicyclic amines) is 1. The van der Waals surface area contributed by atoms with E-state index in [0.29, 0.717) is 5.92 Å². The van der Waals surface area contributed by atoms with Crippen molar-refractivity contribution in [3.8, 4) is 0 Å². The van der Waals surface area contributed by atoms with Gasteiger partial charge in [-0.1, -0.05) is 13.8 Å². The predicted molar refractivity (Wildman–Crippen MR) is 78.1 cm³/mol. The minimum Gasteiger partial charge on any atom is -0.303 e. The van der Waals surface area contributed by atoms with Gasteiger partial charge in [0.25, 0.3) is 0 Å². The number of likely N-dealkylation sites (N-methyl/N-ethyl adjacent to an activating group) is 1. The van der Waals surface area contributed by atoms with Crippen LogP contribution in [-0.2, 0) is 0 Å². The first-order valence-electron chi connectivity index (χ1n) is 7.13. The van der Waals surface area contributed by atoms with Crippen molar-refractivity contribution in [2.45, 2.75) is 40.2 Å². The third-order valence-electron chi connectivity index (χ3n) is 4.28. The molecule has 2 aliphatic heterocycles. The molecule has 0 N–H and O–H groups in total. The topological polar surface area (TPSA) is 18.8 Å². The average molecular weight is 249 g/mol. The number of rotatable bonds is 3. The summed E-state index contributed by atoms with van der Waals surface area (Å²) in [6, 6.07) is 0.779. The first-order valence-corrected chi connectivity index (χ1v) is 7.13. The molecule has 0 aromatic heterocycles. The van der Waals surface area contributed by atoms with Gasteiger partial charge in [-0.15, -0.1) is 0 Å². The van der Waals surface area contributed by atoms with Crippen LogP contribution in [0.3, 0.4) is 0 Å². The molecule has 0 spiro atoms. The summed E-state index contributed by atoms with van der Waals surface area (Å²) in [7, 11) is 2.20. The third kappa shape index (κ3) is 3.01. The summed E-state index contributed by atoms with van der Waals surface area (Å²) in [6.45, 7) is 13.6. The van der Waals surface area contributed by atoms with Crippen LogP contribution in [0.4, 0.5) is 0 Å². The summed E-state index contributed by atoms with van der Waals surface area (Å²) in [6.07, 6.45) is 1.12. The van der Waals surface area contributed by atoms with Crippen LogP contribution in [0.25, 0.3) is 0 Å². The molecule has 2 heterocycles. The molecule has 2 rings (SSSR count). The van der Waals surface area contributed by atoms with Gasteiger partial charge in [0.2, 0.25) is 0 Å². The van der Waals surface area contributed by atoms with Crippen molar-refractivity contribution in [2.75, 3.05) is 33.2 Å². The van der Waals surface area contributed by atoms with Crippen LogP contribution < -0.4 is 0 Å². The summed E-state index contributed by atoms with van der Waals surface area (Å²) >= 11 is 0. The van der Waals surface area contributed by atoms with E-state index in [9.17, 15) is 0 Å². The lowest BCUT2D eigenvalue weighted by molar-refractivity contribution is 0.0557. The lowest BCUT2D eigenvalue weighted by Crippen LogP contribution is -2.58. The van der Waals surface area contributed by atoms with Gasteiger partial charge < -0.3 is 4.90 Å². The number of hydrogen-bond donors (Lipinski definition) is 0. The molecule has 102 valence electrons. The van der Waals surface area contributed by atoms with Gasteiger partial charge in [0.15, 0.2) is 0 Å². The van der Waals surface area contributed by atoms with E-state index in [2.05, 4.69) is 44.5 Å². The van der Waals surface area contributed by atoms with Gasteiger partial charge in [-0.05, 0) is 32.4 Å². The highest BCUT2D eigenvalue weighted by Gasteiger charge is 2.31. The first-order chi connectivity index (χ1) is 8.47. The first kappa shape index (κ1) is 13.8. The Morgan fingerprint density at radius 3 is 2.50 bits per heavy atom. The zero-order valence-electron chi connectivity index (χ0n) is 12.5. The van der Waals surface area contributed by atoms with Crippen molar-refractivity contribution in [2.24, 2.45) is 10.9 Å². The van der Waals surface area contributed by atoms with Crippen molar-refractivity contribution in [1.82, 2.24) is 9.80 Å². The second-order valence-electron chi connectivity index (χ2n) is 6.23. The summed E-state index contributed by atoms with van der Waals surface area (Å²) in [4.78, 5) is 9.84. The second kappa shape index (κ2) is 5.54. The lowest BCUT2D eigenvalue weighted by Gasteiger charge is -2.45. The molecule has 0 aromatic rings. The standard InChI is InChI=1S/C15H27N3/c1-11(2)13(4)16-15-6-7-18(8-12(15)3)14-9-17(5)10-14/h11,14H,6-10H2,1-5H3. The van der Waals surface area contributed by atoms with Crippen molar-refractivity contribution < 1.29 is 0 Å². The fourth-order valence-corrected chi connectivity index (χ4v) is 2.64. The minimum atomic E-state index is 0.559. The largest absolute Gasteiger partial charge is 0.303 e. The Morgan fingerprint density at radius 2 is 2.00 bits per heavy atom. The Balaban J connectivity index is 1.98. The van der Waals surface area contributed by atoms with E-state index in [1.807, 2.05) is 0 Å². The highest BCUT2D eigenvalue weighted by Crippen LogP contribution is 2.24. The molecule has 1 fully saturated rings. The highest BCUT2D eigenvalue weighted by atomic mass is 15.3. The van der Waals surface area contributed by atoms with Gasteiger partial charge in [0, 0.05) is 50.1 Å². The van der Waals surface area contributed by atoms with Crippen LogP contribution in [-0.4, -0.2) is 54.8 Å². The Kier molecular flexibility index (Phi) is 4.23. The summed E-state index contributed by atoms with van der Waals surface area (Å²) in [5.41, 5.74) is 4.07. The Hall–Kier alpha value is -0.670. The third-order valence-corrected chi connectivity index (χ3v) is 4.28. The Labute approximate surface area is 112 Å². The van der Waals surface area contributed by atoms with Crippen LogP contribution in [0.5, 0.6) is 0 Å². The maximum Gasteiger partial charge on any atom is 0.0417 e. The summed E-state index contributed by atoms with van der Waals surface area (Å²) in [5.74, 6) is 0.559. The Bertz CT molecular complexity index is 362. The molecular formula is C15H27N3. The normalized spacial score (nSPS) is 24.9. The molecule has 1 saturated heterocycles. The maximum atomic E-state index is 4.83. The van der Waals surface area contributed by atoms with Gasteiger partial charge in [-0.25, -0.2) is 0 Å². The van der Waals surface area contributed by atoms with E-state index in [1.54, 1.807) is 0 Å². The molecule has 0 bridgehead atoms. The van der Waals surface area contributed by atoms with E-state index in [4.69, 9.17) is 4.99 Å². The lowest BCUT2D eigenvalue weighted by atomic mass is 10.0. The van der Waals surface area contributed by atoms with E-state index < -0.39 is 0 Å². The minimum absolute atomic E-state index is 0.559. The summed E-state index contributed by atoms with van der Waals surface area (Å²) < 4.78 is 0. The second-order valence-corrected chi connectivity index (χ2v) is 6.23. The van der Waals surface area contributed by atoms with Gasteiger partial charge in [0.05, 0.1) is 0 Å². The molecule has 0 radical (unpaired) electrons. The zero-order chi connectivity index (χ0) is 13.3. The number of hydrogen-bond acceptors (Lipinski definition) is 3. The highest BCUT2D eigenvalue weighted by molar-refractivity contribution is 5.84. The maximum absolute atomic E-state index is 4.83. The van der Waals surface area contributed by atoms with Crippen LogP contribution in [0.15, 0.2) is 16.3 Å². The van der Waals surface area contributed by atoms with Crippen LogP contribution in [0.2, 0.25) is 0 Å². The van der Waals surface area contributed by atoms with Gasteiger partial charge >= 0.3 is 0 Å². The quantitative estimate of drug-likeness (QED) is 0.715. The molecule has 3 nitrogen and oxygen atoms in total. The fraction of sp³-hybridized carbons (Fsp3) is 0.800. The number of nitrogens with zero attached hydrogens (tertiary/aromatic N) is 3. The molecule has 18 heavy (non-hydrogen) atoms. The molecule has 2 aliphatic rings. The fourth-order valence-electron chi connectivity index (χ4n) is 2.64. The van der Waals surface area contributed by atoms with Gasteiger partial charge in [-0.2, -0.15) is 0 Å². The number of aliphatic imine (C=N–C) groups is 1. The molecule has 3 heteroatoms. The van der Waals surface area contributed by atoms with E-state index in [-0.39, 0.29) is 0 Å². The molecular weight excluding hydrogens is 222 g/mol. The smallest absolute Gasteiger partial charge is 0.0417 e. The molecule has 0 saturated carbocycles.